The fourth-order valence-electron chi connectivity index (χ4n) is 2.73. The molecule has 2 aromatic carbocycles. The summed E-state index contributed by atoms with van der Waals surface area (Å²) in [4.78, 5) is 0. The summed E-state index contributed by atoms with van der Waals surface area (Å²) in [5, 5.41) is 10.1. The molecule has 0 radical (unpaired) electrons. The van der Waals surface area contributed by atoms with E-state index < -0.39 is 17.8 Å². The smallest absolute Gasteiger partial charge is 0.416 e. The van der Waals surface area contributed by atoms with E-state index in [1.54, 1.807) is 24.3 Å². The van der Waals surface area contributed by atoms with E-state index >= 15 is 0 Å². The first-order valence-electron chi connectivity index (χ1n) is 7.03. The summed E-state index contributed by atoms with van der Waals surface area (Å²) < 4.78 is 44.0. The van der Waals surface area contributed by atoms with Crippen molar-refractivity contribution in [3.63, 3.8) is 0 Å². The zero-order valence-corrected chi connectivity index (χ0v) is 11.7. The van der Waals surface area contributed by atoms with Gasteiger partial charge >= 0.3 is 6.18 Å². The summed E-state index contributed by atoms with van der Waals surface area (Å²) in [5.41, 5.74) is 0.607. The Kier molecular flexibility index (Phi) is 3.83. The first-order valence-corrected chi connectivity index (χ1v) is 7.03. The Morgan fingerprint density at radius 1 is 1.09 bits per heavy atom. The van der Waals surface area contributed by atoms with E-state index in [9.17, 15) is 18.3 Å². The second-order valence-electron chi connectivity index (χ2n) is 5.43. The maximum Gasteiger partial charge on any atom is 0.416 e. The summed E-state index contributed by atoms with van der Waals surface area (Å²) in [6.07, 6.45) is -4.65. The molecule has 2 aromatic rings. The first kappa shape index (κ1) is 14.9. The Morgan fingerprint density at radius 2 is 1.86 bits per heavy atom. The lowest BCUT2D eigenvalue weighted by atomic mass is 9.95. The maximum absolute atomic E-state index is 12.7. The van der Waals surface area contributed by atoms with Gasteiger partial charge in [0.15, 0.2) is 0 Å². The zero-order valence-electron chi connectivity index (χ0n) is 11.7. The van der Waals surface area contributed by atoms with Gasteiger partial charge in [0.05, 0.1) is 11.7 Å². The van der Waals surface area contributed by atoms with Crippen molar-refractivity contribution in [2.75, 3.05) is 0 Å². The molecule has 0 saturated heterocycles. The molecule has 2 unspecified atom stereocenters. The fourth-order valence-corrected chi connectivity index (χ4v) is 2.73. The number of alkyl halides is 3. The lowest BCUT2D eigenvalue weighted by Gasteiger charge is -2.29. The van der Waals surface area contributed by atoms with E-state index in [2.05, 4.69) is 0 Å². The molecule has 116 valence electrons. The van der Waals surface area contributed by atoms with Crippen molar-refractivity contribution in [3.8, 4) is 5.75 Å². The Balaban J connectivity index is 1.78. The second-order valence-corrected chi connectivity index (χ2v) is 5.43. The molecule has 1 aliphatic heterocycles. The number of ether oxygens (including phenoxy) is 1. The molecule has 3 rings (SSSR count). The minimum Gasteiger partial charge on any atom is -0.490 e. The van der Waals surface area contributed by atoms with Crippen molar-refractivity contribution in [1.82, 2.24) is 0 Å². The standard InChI is InChI=1S/C17H15F3O2/c18-17(19,20)12-5-3-4-11(8-12)9-13-10-15(21)14-6-1-2-7-16(14)22-13/h1-8,13,15,21H,9-10H2. The number of hydrogen-bond acceptors (Lipinski definition) is 2. The Labute approximate surface area is 126 Å². The average molecular weight is 308 g/mol. The number of rotatable bonds is 2. The predicted molar refractivity (Wildman–Crippen MR) is 75.6 cm³/mol. The Hall–Kier alpha value is -2.01. The summed E-state index contributed by atoms with van der Waals surface area (Å²) in [5.74, 6) is 0.596. The van der Waals surface area contributed by atoms with Crippen molar-refractivity contribution >= 4 is 0 Å². The monoisotopic (exact) mass is 308 g/mol. The normalized spacial score (nSPS) is 21.1. The molecule has 1 aliphatic rings. The molecular weight excluding hydrogens is 293 g/mol. The van der Waals surface area contributed by atoms with Crippen LogP contribution in [0.15, 0.2) is 48.5 Å². The number of benzene rings is 2. The van der Waals surface area contributed by atoms with E-state index in [-0.39, 0.29) is 6.10 Å². The molecule has 0 bridgehead atoms. The van der Waals surface area contributed by atoms with Gasteiger partial charge in [-0.3, -0.25) is 0 Å². The van der Waals surface area contributed by atoms with Crippen molar-refractivity contribution in [3.05, 3.63) is 65.2 Å². The molecule has 1 heterocycles. The molecule has 5 heteroatoms. The lowest BCUT2D eigenvalue weighted by Crippen LogP contribution is -2.27. The molecule has 1 N–H and O–H groups in total. The highest BCUT2D eigenvalue weighted by molar-refractivity contribution is 5.37. The van der Waals surface area contributed by atoms with Gasteiger partial charge in [0.25, 0.3) is 0 Å². The van der Waals surface area contributed by atoms with Gasteiger partial charge in [-0.1, -0.05) is 36.4 Å². The van der Waals surface area contributed by atoms with Gasteiger partial charge in [-0.25, -0.2) is 0 Å². The summed E-state index contributed by atoms with van der Waals surface area (Å²) >= 11 is 0. The van der Waals surface area contributed by atoms with Crippen LogP contribution in [0.4, 0.5) is 13.2 Å². The fraction of sp³-hybridized carbons (Fsp3) is 0.294. The van der Waals surface area contributed by atoms with Gasteiger partial charge in [0.1, 0.15) is 11.9 Å². The Morgan fingerprint density at radius 3 is 2.64 bits per heavy atom. The van der Waals surface area contributed by atoms with Gasteiger partial charge < -0.3 is 9.84 Å². The highest BCUT2D eigenvalue weighted by atomic mass is 19.4. The van der Waals surface area contributed by atoms with Crippen LogP contribution < -0.4 is 4.74 Å². The number of hydrogen-bond donors (Lipinski definition) is 1. The predicted octanol–water partition coefficient (Wildman–Crippen LogP) is 4.13. The molecule has 0 aliphatic carbocycles. The SMILES string of the molecule is OC1CC(Cc2cccc(C(F)(F)F)c2)Oc2ccccc21. The van der Waals surface area contributed by atoms with Crippen LogP contribution >= 0.6 is 0 Å². The number of para-hydroxylation sites is 1. The molecule has 0 aromatic heterocycles. The molecule has 0 fully saturated rings. The molecule has 2 nitrogen and oxygen atoms in total. The van der Waals surface area contributed by atoms with Crippen LogP contribution in [0, 0.1) is 0 Å². The molecule has 0 saturated carbocycles. The molecule has 2 atom stereocenters. The summed E-state index contributed by atoms with van der Waals surface area (Å²) in [6.45, 7) is 0. The average Bonchev–Trinajstić information content (AvgIpc) is 2.47. The van der Waals surface area contributed by atoms with E-state index in [0.717, 1.165) is 17.7 Å². The number of aliphatic hydroxyl groups excluding tert-OH is 1. The minimum atomic E-state index is -4.35. The van der Waals surface area contributed by atoms with Gasteiger partial charge in [0, 0.05) is 18.4 Å². The van der Waals surface area contributed by atoms with Crippen LogP contribution in [0.3, 0.4) is 0 Å². The largest absolute Gasteiger partial charge is 0.490 e. The van der Waals surface area contributed by atoms with E-state index in [4.69, 9.17) is 4.74 Å². The van der Waals surface area contributed by atoms with Crippen LogP contribution in [-0.2, 0) is 12.6 Å². The van der Waals surface area contributed by atoms with Gasteiger partial charge in [0.2, 0.25) is 0 Å². The van der Waals surface area contributed by atoms with E-state index in [1.165, 1.54) is 6.07 Å². The third kappa shape index (κ3) is 3.09. The minimum absolute atomic E-state index is 0.329. The van der Waals surface area contributed by atoms with E-state index in [0.29, 0.717) is 24.2 Å². The van der Waals surface area contributed by atoms with Crippen LogP contribution in [0.2, 0.25) is 0 Å². The summed E-state index contributed by atoms with van der Waals surface area (Å²) in [7, 11) is 0. The Bertz CT molecular complexity index is 667. The molecule has 22 heavy (non-hydrogen) atoms. The molecule has 0 spiro atoms. The lowest BCUT2D eigenvalue weighted by molar-refractivity contribution is -0.137. The molecular formula is C17H15F3O2. The van der Waals surface area contributed by atoms with Crippen molar-refractivity contribution < 1.29 is 23.0 Å². The molecule has 0 amide bonds. The van der Waals surface area contributed by atoms with E-state index in [1.807, 2.05) is 6.07 Å². The third-order valence-electron chi connectivity index (χ3n) is 3.78. The van der Waals surface area contributed by atoms with Crippen molar-refractivity contribution in [1.29, 1.82) is 0 Å². The highest BCUT2D eigenvalue weighted by Crippen LogP contribution is 2.36. The third-order valence-corrected chi connectivity index (χ3v) is 3.78. The number of aliphatic hydroxyl groups is 1. The second kappa shape index (κ2) is 5.65. The van der Waals surface area contributed by atoms with Crippen molar-refractivity contribution in [2.45, 2.75) is 31.2 Å². The first-order chi connectivity index (χ1) is 10.4. The van der Waals surface area contributed by atoms with Gasteiger partial charge in [-0.2, -0.15) is 13.2 Å². The highest BCUT2D eigenvalue weighted by Gasteiger charge is 2.31. The van der Waals surface area contributed by atoms with Crippen molar-refractivity contribution in [2.24, 2.45) is 0 Å². The van der Waals surface area contributed by atoms with Crippen LogP contribution in [0.5, 0.6) is 5.75 Å². The quantitative estimate of drug-likeness (QED) is 0.904. The van der Waals surface area contributed by atoms with Gasteiger partial charge in [-0.15, -0.1) is 0 Å². The van der Waals surface area contributed by atoms with Crippen LogP contribution in [-0.4, -0.2) is 11.2 Å². The zero-order chi connectivity index (χ0) is 15.7. The number of halogens is 3. The maximum atomic E-state index is 12.7. The van der Waals surface area contributed by atoms with Gasteiger partial charge in [-0.05, 0) is 17.7 Å². The number of fused-ring (bicyclic) bond motifs is 1. The van der Waals surface area contributed by atoms with Crippen LogP contribution in [0.1, 0.15) is 29.2 Å². The topological polar surface area (TPSA) is 29.5 Å². The van der Waals surface area contributed by atoms with Crippen LogP contribution in [0.25, 0.3) is 0 Å². The summed E-state index contributed by atoms with van der Waals surface area (Å²) in [6, 6.07) is 12.4.